The summed E-state index contributed by atoms with van der Waals surface area (Å²) in [6.45, 7) is 9.75. The van der Waals surface area contributed by atoms with E-state index in [1.165, 1.54) is 49.0 Å². The van der Waals surface area contributed by atoms with Crippen LogP contribution in [0.4, 0.5) is 0 Å². The van der Waals surface area contributed by atoms with Crippen molar-refractivity contribution in [1.82, 2.24) is 10.3 Å². The SMILES string of the molecule is C/C(=N\O)c1cc(-c2sc(C(=O)NC3CCOCC3)nc2CC2CCCCC2)cc(C(C)(C)C)c1. The molecule has 1 amide bonds. The van der Waals surface area contributed by atoms with E-state index in [1.54, 1.807) is 0 Å². The number of carbonyl (C=O) groups excluding carboxylic acids is 1. The van der Waals surface area contributed by atoms with E-state index < -0.39 is 0 Å². The van der Waals surface area contributed by atoms with E-state index in [0.717, 1.165) is 41.0 Å². The summed E-state index contributed by atoms with van der Waals surface area (Å²) in [6, 6.07) is 6.53. The van der Waals surface area contributed by atoms with Crippen LogP contribution in [0.15, 0.2) is 23.4 Å². The summed E-state index contributed by atoms with van der Waals surface area (Å²) in [5, 5.41) is 16.6. The lowest BCUT2D eigenvalue weighted by Crippen LogP contribution is -2.38. The molecule has 35 heavy (non-hydrogen) atoms. The molecule has 2 heterocycles. The van der Waals surface area contributed by atoms with Gasteiger partial charge in [0.2, 0.25) is 0 Å². The zero-order valence-corrected chi connectivity index (χ0v) is 22.3. The van der Waals surface area contributed by atoms with Crippen LogP contribution in [0.1, 0.15) is 99.3 Å². The Hall–Kier alpha value is -2.25. The van der Waals surface area contributed by atoms with Crippen LogP contribution in [0.2, 0.25) is 0 Å². The highest BCUT2D eigenvalue weighted by Gasteiger charge is 2.25. The Bertz CT molecular complexity index is 1060. The molecule has 0 spiro atoms. The summed E-state index contributed by atoms with van der Waals surface area (Å²) >= 11 is 1.49. The van der Waals surface area contributed by atoms with Crippen molar-refractivity contribution in [3.63, 3.8) is 0 Å². The minimum atomic E-state index is -0.0849. The summed E-state index contributed by atoms with van der Waals surface area (Å²) in [5.41, 5.74) is 4.63. The van der Waals surface area contributed by atoms with Crippen molar-refractivity contribution in [3.8, 4) is 10.4 Å². The van der Waals surface area contributed by atoms with E-state index in [4.69, 9.17) is 9.72 Å². The number of hydrogen-bond donors (Lipinski definition) is 2. The molecule has 1 saturated heterocycles. The van der Waals surface area contributed by atoms with Gasteiger partial charge in [-0.25, -0.2) is 4.98 Å². The number of oxime groups is 1. The smallest absolute Gasteiger partial charge is 0.280 e. The first-order valence-corrected chi connectivity index (χ1v) is 13.8. The molecule has 1 saturated carbocycles. The molecule has 2 fully saturated rings. The molecule has 1 aromatic heterocycles. The quantitative estimate of drug-likeness (QED) is 0.277. The highest BCUT2D eigenvalue weighted by molar-refractivity contribution is 7.17. The van der Waals surface area contributed by atoms with Crippen molar-refractivity contribution < 1.29 is 14.7 Å². The summed E-state index contributed by atoms with van der Waals surface area (Å²) in [4.78, 5) is 19.2. The van der Waals surface area contributed by atoms with Gasteiger partial charge in [0.15, 0.2) is 5.01 Å². The second-order valence-electron chi connectivity index (χ2n) is 11.1. The normalized spacial score (nSPS) is 18.6. The largest absolute Gasteiger partial charge is 0.411 e. The van der Waals surface area contributed by atoms with Crippen LogP contribution in [0.25, 0.3) is 10.4 Å². The third kappa shape index (κ3) is 6.50. The van der Waals surface area contributed by atoms with Gasteiger partial charge in [-0.2, -0.15) is 0 Å². The van der Waals surface area contributed by atoms with E-state index in [2.05, 4.69) is 49.4 Å². The van der Waals surface area contributed by atoms with Crippen molar-refractivity contribution in [2.75, 3.05) is 13.2 Å². The fourth-order valence-corrected chi connectivity index (χ4v) is 6.01. The Labute approximate surface area is 213 Å². The molecule has 1 aliphatic heterocycles. The summed E-state index contributed by atoms with van der Waals surface area (Å²) in [5.74, 6) is 0.528. The van der Waals surface area contributed by atoms with E-state index in [9.17, 15) is 10.0 Å². The average molecular weight is 498 g/mol. The second-order valence-corrected chi connectivity index (χ2v) is 12.1. The predicted molar refractivity (Wildman–Crippen MR) is 142 cm³/mol. The van der Waals surface area contributed by atoms with E-state index >= 15 is 0 Å². The molecule has 2 aliphatic rings. The Balaban J connectivity index is 1.73. The van der Waals surface area contributed by atoms with Gasteiger partial charge in [0.05, 0.1) is 16.3 Å². The molecular weight excluding hydrogens is 458 g/mol. The molecule has 1 aromatic carbocycles. The fourth-order valence-electron chi connectivity index (χ4n) is 5.02. The second kappa shape index (κ2) is 11.2. The first kappa shape index (κ1) is 25.8. The van der Waals surface area contributed by atoms with Crippen LogP contribution in [-0.2, 0) is 16.6 Å². The lowest BCUT2D eigenvalue weighted by Gasteiger charge is -2.22. The van der Waals surface area contributed by atoms with Crippen molar-refractivity contribution in [3.05, 3.63) is 40.0 Å². The predicted octanol–water partition coefficient (Wildman–Crippen LogP) is 6.34. The molecule has 7 heteroatoms. The number of amides is 1. The lowest BCUT2D eigenvalue weighted by atomic mass is 9.83. The minimum absolute atomic E-state index is 0.0715. The van der Waals surface area contributed by atoms with E-state index in [1.807, 2.05) is 6.92 Å². The Morgan fingerprint density at radius 3 is 2.51 bits per heavy atom. The maximum Gasteiger partial charge on any atom is 0.280 e. The molecule has 0 atom stereocenters. The Morgan fingerprint density at radius 2 is 1.86 bits per heavy atom. The van der Waals surface area contributed by atoms with Gasteiger partial charge in [-0.05, 0) is 72.4 Å². The zero-order valence-electron chi connectivity index (χ0n) is 21.5. The average Bonchev–Trinajstić information content (AvgIpc) is 3.28. The van der Waals surface area contributed by atoms with Gasteiger partial charge in [-0.3, -0.25) is 4.79 Å². The van der Waals surface area contributed by atoms with Gasteiger partial charge in [-0.1, -0.05) is 58.0 Å². The number of benzene rings is 1. The number of thiazole rings is 1. The van der Waals surface area contributed by atoms with Gasteiger partial charge in [0.1, 0.15) is 0 Å². The van der Waals surface area contributed by atoms with E-state index in [0.29, 0.717) is 29.9 Å². The van der Waals surface area contributed by atoms with Gasteiger partial charge < -0.3 is 15.3 Å². The summed E-state index contributed by atoms with van der Waals surface area (Å²) < 4.78 is 5.44. The highest BCUT2D eigenvalue weighted by Crippen LogP contribution is 2.37. The molecular formula is C28H39N3O3S. The maximum absolute atomic E-state index is 13.2. The van der Waals surface area contributed by atoms with Crippen LogP contribution in [0.3, 0.4) is 0 Å². The molecule has 4 rings (SSSR count). The molecule has 2 aromatic rings. The molecule has 0 unspecified atom stereocenters. The van der Waals surface area contributed by atoms with Gasteiger partial charge in [0, 0.05) is 19.3 Å². The minimum Gasteiger partial charge on any atom is -0.411 e. The van der Waals surface area contributed by atoms with E-state index in [-0.39, 0.29) is 17.4 Å². The third-order valence-electron chi connectivity index (χ3n) is 7.28. The van der Waals surface area contributed by atoms with Gasteiger partial charge in [-0.15, -0.1) is 11.3 Å². The number of nitrogens with zero attached hydrogens (tertiary/aromatic N) is 2. The van der Waals surface area contributed by atoms with Gasteiger partial charge >= 0.3 is 0 Å². The molecule has 0 radical (unpaired) electrons. The van der Waals surface area contributed by atoms with Gasteiger partial charge in [0.25, 0.3) is 5.91 Å². The number of hydrogen-bond acceptors (Lipinski definition) is 6. The first-order chi connectivity index (χ1) is 16.7. The first-order valence-electron chi connectivity index (χ1n) is 13.0. The lowest BCUT2D eigenvalue weighted by molar-refractivity contribution is 0.0696. The highest BCUT2D eigenvalue weighted by atomic mass is 32.1. The number of rotatable bonds is 6. The number of nitrogens with one attached hydrogen (secondary N) is 1. The molecule has 1 aliphatic carbocycles. The fraction of sp³-hybridized carbons (Fsp3) is 0.607. The molecule has 2 N–H and O–H groups in total. The third-order valence-corrected chi connectivity index (χ3v) is 8.43. The maximum atomic E-state index is 13.2. The van der Waals surface area contributed by atoms with Crippen LogP contribution in [0.5, 0.6) is 0 Å². The van der Waals surface area contributed by atoms with Crippen molar-refractivity contribution in [1.29, 1.82) is 0 Å². The molecule has 190 valence electrons. The van der Waals surface area contributed by atoms with Crippen LogP contribution in [-0.4, -0.2) is 41.1 Å². The number of ether oxygens (including phenoxy) is 1. The number of aromatic nitrogens is 1. The summed E-state index contributed by atoms with van der Waals surface area (Å²) in [6.07, 6.45) is 8.90. The topological polar surface area (TPSA) is 83.8 Å². The standard InChI is InChI=1S/C28H39N3O3S/c1-18(31-33)20-15-21(17-22(16-20)28(2,3)4)25-24(14-19-8-6-5-7-9-19)30-27(35-25)26(32)29-23-10-12-34-13-11-23/h15-17,19,23,33H,5-14H2,1-4H3,(H,29,32)/b31-18+. The number of carbonyl (C=O) groups is 1. The Kier molecular flexibility index (Phi) is 8.27. The van der Waals surface area contributed by atoms with Crippen molar-refractivity contribution >= 4 is 23.0 Å². The van der Waals surface area contributed by atoms with Crippen LogP contribution in [0, 0.1) is 5.92 Å². The van der Waals surface area contributed by atoms with Crippen molar-refractivity contribution in [2.45, 2.75) is 90.5 Å². The Morgan fingerprint density at radius 1 is 1.14 bits per heavy atom. The molecule has 0 bridgehead atoms. The monoisotopic (exact) mass is 497 g/mol. The summed E-state index contributed by atoms with van der Waals surface area (Å²) in [7, 11) is 0. The van der Waals surface area contributed by atoms with Crippen molar-refractivity contribution in [2.24, 2.45) is 11.1 Å². The zero-order chi connectivity index (χ0) is 25.0. The molecule has 6 nitrogen and oxygen atoms in total. The van der Waals surface area contributed by atoms with Crippen LogP contribution >= 0.6 is 11.3 Å². The van der Waals surface area contributed by atoms with Crippen LogP contribution < -0.4 is 5.32 Å².